The summed E-state index contributed by atoms with van der Waals surface area (Å²) < 4.78 is 5.06. The molecule has 2 saturated heterocycles. The summed E-state index contributed by atoms with van der Waals surface area (Å²) in [6.07, 6.45) is 6.92. The average molecular weight is 283 g/mol. The number of nitrogens with one attached hydrogen (secondary N) is 1. The standard InChI is InChI=1S/C16H33N3O/c1-20-14-7-17-15-16-5-12-19(13-6-16)11-4-10-18-8-2-3-9-18/h16-17H,2-15H2,1H3. The Bertz CT molecular complexity index is 236. The maximum atomic E-state index is 5.06. The number of ether oxygens (including phenoxy) is 1. The number of hydrogen-bond donors (Lipinski definition) is 1. The average Bonchev–Trinajstić information content (AvgIpc) is 2.98. The molecule has 2 rings (SSSR count). The van der Waals surface area contributed by atoms with E-state index in [0.29, 0.717) is 0 Å². The van der Waals surface area contributed by atoms with Gasteiger partial charge in [0, 0.05) is 13.7 Å². The number of methoxy groups -OCH3 is 1. The number of nitrogens with zero attached hydrogens (tertiary/aromatic N) is 2. The SMILES string of the molecule is COCCNCC1CCN(CCCN2CCCC2)CC1. The smallest absolute Gasteiger partial charge is 0.0587 e. The zero-order valence-corrected chi connectivity index (χ0v) is 13.3. The molecule has 0 aromatic heterocycles. The van der Waals surface area contributed by atoms with E-state index in [9.17, 15) is 0 Å². The highest BCUT2D eigenvalue weighted by Crippen LogP contribution is 2.16. The molecule has 0 spiro atoms. The Balaban J connectivity index is 1.46. The molecule has 2 heterocycles. The fourth-order valence-electron chi connectivity index (χ4n) is 3.42. The van der Waals surface area contributed by atoms with Crippen molar-refractivity contribution in [2.45, 2.75) is 32.1 Å². The predicted octanol–water partition coefficient (Wildman–Crippen LogP) is 1.42. The van der Waals surface area contributed by atoms with Gasteiger partial charge in [-0.3, -0.25) is 0 Å². The van der Waals surface area contributed by atoms with Crippen LogP contribution in [0.5, 0.6) is 0 Å². The third kappa shape index (κ3) is 6.08. The van der Waals surface area contributed by atoms with Gasteiger partial charge in [-0.2, -0.15) is 0 Å². The van der Waals surface area contributed by atoms with E-state index < -0.39 is 0 Å². The van der Waals surface area contributed by atoms with Gasteiger partial charge in [0.15, 0.2) is 0 Å². The molecule has 0 atom stereocenters. The van der Waals surface area contributed by atoms with Crippen molar-refractivity contribution in [1.29, 1.82) is 0 Å². The van der Waals surface area contributed by atoms with E-state index in [0.717, 1.165) is 19.1 Å². The monoisotopic (exact) mass is 283 g/mol. The first-order valence-electron chi connectivity index (χ1n) is 8.53. The first kappa shape index (κ1) is 16.2. The van der Waals surface area contributed by atoms with Crippen LogP contribution in [0, 0.1) is 5.92 Å². The van der Waals surface area contributed by atoms with Crippen LogP contribution in [0.1, 0.15) is 32.1 Å². The highest BCUT2D eigenvalue weighted by Gasteiger charge is 2.19. The van der Waals surface area contributed by atoms with Gasteiger partial charge in [-0.1, -0.05) is 0 Å². The fraction of sp³-hybridized carbons (Fsp3) is 1.00. The van der Waals surface area contributed by atoms with E-state index in [1.165, 1.54) is 77.9 Å². The molecule has 2 aliphatic rings. The summed E-state index contributed by atoms with van der Waals surface area (Å²) in [6.45, 7) is 10.9. The molecule has 0 saturated carbocycles. The Morgan fingerprint density at radius 2 is 1.65 bits per heavy atom. The van der Waals surface area contributed by atoms with Crippen molar-refractivity contribution in [1.82, 2.24) is 15.1 Å². The Morgan fingerprint density at radius 3 is 2.30 bits per heavy atom. The molecule has 4 heteroatoms. The molecule has 20 heavy (non-hydrogen) atoms. The number of likely N-dealkylation sites (tertiary alicyclic amines) is 2. The molecule has 2 fully saturated rings. The van der Waals surface area contributed by atoms with Crippen molar-refractivity contribution in [3.8, 4) is 0 Å². The molecule has 118 valence electrons. The van der Waals surface area contributed by atoms with Gasteiger partial charge in [0.2, 0.25) is 0 Å². The van der Waals surface area contributed by atoms with Crippen LogP contribution in [0.2, 0.25) is 0 Å². The van der Waals surface area contributed by atoms with Crippen LogP contribution in [-0.4, -0.2) is 75.9 Å². The molecule has 0 radical (unpaired) electrons. The highest BCUT2D eigenvalue weighted by molar-refractivity contribution is 4.74. The molecule has 4 nitrogen and oxygen atoms in total. The van der Waals surface area contributed by atoms with Crippen LogP contribution in [-0.2, 0) is 4.74 Å². The minimum atomic E-state index is 0.829. The summed E-state index contributed by atoms with van der Waals surface area (Å²) >= 11 is 0. The lowest BCUT2D eigenvalue weighted by Gasteiger charge is -2.32. The maximum Gasteiger partial charge on any atom is 0.0587 e. The van der Waals surface area contributed by atoms with Crippen LogP contribution in [0.3, 0.4) is 0 Å². The van der Waals surface area contributed by atoms with E-state index in [1.807, 2.05) is 0 Å². The van der Waals surface area contributed by atoms with Crippen LogP contribution in [0.4, 0.5) is 0 Å². The van der Waals surface area contributed by atoms with Gasteiger partial charge in [0.25, 0.3) is 0 Å². The molecule has 1 N–H and O–H groups in total. The molecular formula is C16H33N3O. The van der Waals surface area contributed by atoms with Crippen LogP contribution >= 0.6 is 0 Å². The summed E-state index contributed by atoms with van der Waals surface area (Å²) in [6, 6.07) is 0. The lowest BCUT2D eigenvalue weighted by atomic mass is 9.96. The van der Waals surface area contributed by atoms with E-state index in [-0.39, 0.29) is 0 Å². The molecule has 0 aliphatic carbocycles. The van der Waals surface area contributed by atoms with Crippen molar-refractivity contribution in [3.63, 3.8) is 0 Å². The van der Waals surface area contributed by atoms with Crippen molar-refractivity contribution in [2.75, 3.05) is 66.1 Å². The van der Waals surface area contributed by atoms with E-state index in [2.05, 4.69) is 15.1 Å². The second-order valence-electron chi connectivity index (χ2n) is 6.38. The lowest BCUT2D eigenvalue weighted by Crippen LogP contribution is -2.39. The van der Waals surface area contributed by atoms with E-state index in [1.54, 1.807) is 7.11 Å². The largest absolute Gasteiger partial charge is 0.383 e. The van der Waals surface area contributed by atoms with Crippen LogP contribution in [0.15, 0.2) is 0 Å². The Hall–Kier alpha value is -0.160. The second kappa shape index (κ2) is 9.72. The number of hydrogen-bond acceptors (Lipinski definition) is 4. The van der Waals surface area contributed by atoms with Crippen LogP contribution < -0.4 is 5.32 Å². The molecule has 0 amide bonds. The zero-order chi connectivity index (χ0) is 14.0. The Morgan fingerprint density at radius 1 is 1.00 bits per heavy atom. The fourth-order valence-corrected chi connectivity index (χ4v) is 3.42. The normalized spacial score (nSPS) is 22.6. The van der Waals surface area contributed by atoms with Crippen molar-refractivity contribution >= 4 is 0 Å². The first-order valence-corrected chi connectivity index (χ1v) is 8.53. The maximum absolute atomic E-state index is 5.06. The van der Waals surface area contributed by atoms with Gasteiger partial charge in [0.1, 0.15) is 0 Å². The Labute approximate surface area is 124 Å². The lowest BCUT2D eigenvalue weighted by molar-refractivity contribution is 0.167. The minimum absolute atomic E-state index is 0.829. The molecule has 0 aromatic carbocycles. The van der Waals surface area contributed by atoms with Crippen molar-refractivity contribution in [2.24, 2.45) is 5.92 Å². The van der Waals surface area contributed by atoms with Gasteiger partial charge in [0.05, 0.1) is 6.61 Å². The second-order valence-corrected chi connectivity index (χ2v) is 6.38. The third-order valence-electron chi connectivity index (χ3n) is 4.77. The van der Waals surface area contributed by atoms with Crippen molar-refractivity contribution < 1.29 is 4.74 Å². The predicted molar refractivity (Wildman–Crippen MR) is 84.2 cm³/mol. The van der Waals surface area contributed by atoms with Gasteiger partial charge in [-0.05, 0) is 83.8 Å². The van der Waals surface area contributed by atoms with Gasteiger partial charge in [-0.15, -0.1) is 0 Å². The molecule has 2 aliphatic heterocycles. The summed E-state index contributed by atoms with van der Waals surface area (Å²) in [5.74, 6) is 0.877. The quantitative estimate of drug-likeness (QED) is 0.648. The summed E-state index contributed by atoms with van der Waals surface area (Å²) in [7, 11) is 1.77. The third-order valence-corrected chi connectivity index (χ3v) is 4.77. The molecule has 0 aromatic rings. The topological polar surface area (TPSA) is 27.7 Å². The zero-order valence-electron chi connectivity index (χ0n) is 13.3. The van der Waals surface area contributed by atoms with Gasteiger partial charge in [-0.25, -0.2) is 0 Å². The first-order chi connectivity index (χ1) is 9.88. The van der Waals surface area contributed by atoms with E-state index >= 15 is 0 Å². The summed E-state index contributed by atoms with van der Waals surface area (Å²) in [4.78, 5) is 5.30. The number of piperidine rings is 1. The van der Waals surface area contributed by atoms with Gasteiger partial charge < -0.3 is 19.9 Å². The Kier molecular flexibility index (Phi) is 7.88. The molecular weight excluding hydrogens is 250 g/mol. The number of rotatable bonds is 9. The van der Waals surface area contributed by atoms with E-state index in [4.69, 9.17) is 4.74 Å². The van der Waals surface area contributed by atoms with Crippen LogP contribution in [0.25, 0.3) is 0 Å². The highest BCUT2D eigenvalue weighted by atomic mass is 16.5. The molecule has 0 unspecified atom stereocenters. The van der Waals surface area contributed by atoms with Gasteiger partial charge >= 0.3 is 0 Å². The van der Waals surface area contributed by atoms with Crippen molar-refractivity contribution in [3.05, 3.63) is 0 Å². The minimum Gasteiger partial charge on any atom is -0.383 e. The summed E-state index contributed by atoms with van der Waals surface area (Å²) in [5.41, 5.74) is 0. The molecule has 0 bridgehead atoms. The summed E-state index contributed by atoms with van der Waals surface area (Å²) in [5, 5.41) is 3.50.